The standard InChI is InChI=1S/C12H14N2/c1-2-13-9-10-5-6-12-11(8-10)4-3-7-14-12/h3-8,13H,2,9H2,1H3. The van der Waals surface area contributed by atoms with Crippen LogP contribution >= 0.6 is 0 Å². The van der Waals surface area contributed by atoms with Crippen molar-refractivity contribution in [1.29, 1.82) is 0 Å². The van der Waals surface area contributed by atoms with Crippen molar-refractivity contribution in [2.45, 2.75) is 13.5 Å². The zero-order valence-electron chi connectivity index (χ0n) is 8.33. The molecule has 0 saturated carbocycles. The van der Waals surface area contributed by atoms with Gasteiger partial charge in [-0.3, -0.25) is 4.98 Å². The van der Waals surface area contributed by atoms with Gasteiger partial charge in [0, 0.05) is 18.1 Å². The molecular formula is C12H14N2. The van der Waals surface area contributed by atoms with Gasteiger partial charge in [0.15, 0.2) is 0 Å². The molecule has 0 fully saturated rings. The van der Waals surface area contributed by atoms with E-state index in [9.17, 15) is 0 Å². The van der Waals surface area contributed by atoms with Gasteiger partial charge in [-0.15, -0.1) is 0 Å². The number of nitrogens with one attached hydrogen (secondary N) is 1. The summed E-state index contributed by atoms with van der Waals surface area (Å²) in [5, 5.41) is 4.52. The smallest absolute Gasteiger partial charge is 0.0702 e. The number of rotatable bonds is 3. The van der Waals surface area contributed by atoms with Crippen LogP contribution in [0.1, 0.15) is 12.5 Å². The summed E-state index contributed by atoms with van der Waals surface area (Å²) in [5.41, 5.74) is 2.38. The molecule has 0 amide bonds. The van der Waals surface area contributed by atoms with Gasteiger partial charge in [-0.05, 0) is 30.3 Å². The van der Waals surface area contributed by atoms with E-state index < -0.39 is 0 Å². The molecule has 2 heteroatoms. The van der Waals surface area contributed by atoms with E-state index >= 15 is 0 Å². The second-order valence-electron chi connectivity index (χ2n) is 3.31. The van der Waals surface area contributed by atoms with Crippen LogP contribution < -0.4 is 5.32 Å². The molecule has 0 saturated heterocycles. The summed E-state index contributed by atoms with van der Waals surface area (Å²) in [6.45, 7) is 4.05. The van der Waals surface area contributed by atoms with Crippen molar-refractivity contribution in [3.05, 3.63) is 42.1 Å². The van der Waals surface area contributed by atoms with Crippen LogP contribution in [0.2, 0.25) is 0 Å². The Morgan fingerprint density at radius 3 is 3.07 bits per heavy atom. The number of pyridine rings is 1. The molecular weight excluding hydrogens is 172 g/mol. The molecule has 1 heterocycles. The van der Waals surface area contributed by atoms with Gasteiger partial charge in [0.1, 0.15) is 0 Å². The molecule has 0 aliphatic rings. The topological polar surface area (TPSA) is 24.9 Å². The molecule has 1 aromatic carbocycles. The Bertz CT molecular complexity index is 423. The fraction of sp³-hybridized carbons (Fsp3) is 0.250. The Balaban J connectivity index is 2.32. The Morgan fingerprint density at radius 2 is 2.21 bits per heavy atom. The zero-order valence-corrected chi connectivity index (χ0v) is 8.33. The van der Waals surface area contributed by atoms with Crippen molar-refractivity contribution in [2.24, 2.45) is 0 Å². The molecule has 0 radical (unpaired) electrons. The third kappa shape index (κ3) is 1.91. The fourth-order valence-corrected chi connectivity index (χ4v) is 1.50. The van der Waals surface area contributed by atoms with Gasteiger partial charge in [-0.1, -0.05) is 19.1 Å². The minimum absolute atomic E-state index is 0.932. The summed E-state index contributed by atoms with van der Waals surface area (Å²) < 4.78 is 0. The number of hydrogen-bond acceptors (Lipinski definition) is 2. The average Bonchev–Trinajstić information content (AvgIpc) is 2.26. The lowest BCUT2D eigenvalue weighted by Gasteiger charge is -2.03. The monoisotopic (exact) mass is 186 g/mol. The van der Waals surface area contributed by atoms with Crippen molar-refractivity contribution >= 4 is 10.9 Å². The predicted octanol–water partition coefficient (Wildman–Crippen LogP) is 2.34. The first-order valence-electron chi connectivity index (χ1n) is 4.94. The highest BCUT2D eigenvalue weighted by molar-refractivity contribution is 5.78. The Labute approximate surface area is 84.0 Å². The highest BCUT2D eigenvalue weighted by Gasteiger charge is 1.95. The molecule has 2 nitrogen and oxygen atoms in total. The summed E-state index contributed by atoms with van der Waals surface area (Å²) in [5.74, 6) is 0. The number of aromatic nitrogens is 1. The lowest BCUT2D eigenvalue weighted by molar-refractivity contribution is 0.727. The van der Waals surface area contributed by atoms with Gasteiger partial charge >= 0.3 is 0 Å². The van der Waals surface area contributed by atoms with Crippen LogP contribution in [-0.4, -0.2) is 11.5 Å². The maximum Gasteiger partial charge on any atom is 0.0702 e. The number of benzene rings is 1. The van der Waals surface area contributed by atoms with E-state index in [1.54, 1.807) is 0 Å². The summed E-state index contributed by atoms with van der Waals surface area (Å²) in [4.78, 5) is 4.28. The van der Waals surface area contributed by atoms with Gasteiger partial charge < -0.3 is 5.32 Å². The summed E-state index contributed by atoms with van der Waals surface area (Å²) >= 11 is 0. The van der Waals surface area contributed by atoms with Crippen molar-refractivity contribution < 1.29 is 0 Å². The molecule has 0 bridgehead atoms. The van der Waals surface area contributed by atoms with Crippen molar-refractivity contribution in [3.8, 4) is 0 Å². The largest absolute Gasteiger partial charge is 0.313 e. The van der Waals surface area contributed by atoms with Gasteiger partial charge in [0.2, 0.25) is 0 Å². The minimum Gasteiger partial charge on any atom is -0.313 e. The van der Waals surface area contributed by atoms with Gasteiger partial charge in [-0.25, -0.2) is 0 Å². The third-order valence-corrected chi connectivity index (χ3v) is 2.25. The molecule has 0 aliphatic carbocycles. The van der Waals surface area contributed by atoms with Gasteiger partial charge in [0.25, 0.3) is 0 Å². The van der Waals surface area contributed by atoms with Crippen LogP contribution in [0.25, 0.3) is 10.9 Å². The quantitative estimate of drug-likeness (QED) is 0.795. The fourth-order valence-electron chi connectivity index (χ4n) is 1.50. The number of fused-ring (bicyclic) bond motifs is 1. The molecule has 1 aromatic heterocycles. The first-order valence-corrected chi connectivity index (χ1v) is 4.94. The third-order valence-electron chi connectivity index (χ3n) is 2.25. The summed E-state index contributed by atoms with van der Waals surface area (Å²) in [6.07, 6.45) is 1.83. The van der Waals surface area contributed by atoms with E-state index in [0.717, 1.165) is 18.6 Å². The Morgan fingerprint density at radius 1 is 1.29 bits per heavy atom. The highest BCUT2D eigenvalue weighted by atomic mass is 14.8. The van der Waals surface area contributed by atoms with Crippen LogP contribution in [0, 0.1) is 0 Å². The molecule has 0 unspecified atom stereocenters. The minimum atomic E-state index is 0.932. The number of nitrogens with zero attached hydrogens (tertiary/aromatic N) is 1. The molecule has 1 N–H and O–H groups in total. The highest BCUT2D eigenvalue weighted by Crippen LogP contribution is 2.12. The molecule has 14 heavy (non-hydrogen) atoms. The van der Waals surface area contributed by atoms with E-state index in [-0.39, 0.29) is 0 Å². The van der Waals surface area contributed by atoms with Gasteiger partial charge in [-0.2, -0.15) is 0 Å². The number of hydrogen-bond donors (Lipinski definition) is 1. The SMILES string of the molecule is CCNCc1ccc2ncccc2c1. The molecule has 2 aromatic rings. The first kappa shape index (κ1) is 9.16. The summed E-state index contributed by atoms with van der Waals surface area (Å²) in [7, 11) is 0. The van der Waals surface area contributed by atoms with Crippen LogP contribution in [0.3, 0.4) is 0 Å². The molecule has 72 valence electrons. The maximum atomic E-state index is 4.28. The van der Waals surface area contributed by atoms with Crippen molar-refractivity contribution in [2.75, 3.05) is 6.54 Å². The van der Waals surface area contributed by atoms with Crippen LogP contribution in [0.4, 0.5) is 0 Å². The second kappa shape index (κ2) is 4.20. The van der Waals surface area contributed by atoms with E-state index in [2.05, 4.69) is 41.5 Å². The molecule has 0 aliphatic heterocycles. The van der Waals surface area contributed by atoms with Crippen molar-refractivity contribution in [3.63, 3.8) is 0 Å². The van der Waals surface area contributed by atoms with Crippen LogP contribution in [0.5, 0.6) is 0 Å². The molecule has 0 spiro atoms. The van der Waals surface area contributed by atoms with E-state index in [0.29, 0.717) is 0 Å². The summed E-state index contributed by atoms with van der Waals surface area (Å²) in [6, 6.07) is 10.4. The normalized spacial score (nSPS) is 10.6. The van der Waals surface area contributed by atoms with Crippen LogP contribution in [0.15, 0.2) is 36.5 Å². The molecule has 0 atom stereocenters. The Kier molecular flexibility index (Phi) is 2.75. The second-order valence-corrected chi connectivity index (χ2v) is 3.31. The zero-order chi connectivity index (χ0) is 9.80. The maximum absolute atomic E-state index is 4.28. The van der Waals surface area contributed by atoms with E-state index in [1.165, 1.54) is 10.9 Å². The lowest BCUT2D eigenvalue weighted by Crippen LogP contribution is -2.11. The predicted molar refractivity (Wildman–Crippen MR) is 59.1 cm³/mol. The Hall–Kier alpha value is -1.41. The van der Waals surface area contributed by atoms with Crippen LogP contribution in [-0.2, 0) is 6.54 Å². The van der Waals surface area contributed by atoms with E-state index in [4.69, 9.17) is 0 Å². The average molecular weight is 186 g/mol. The van der Waals surface area contributed by atoms with Gasteiger partial charge in [0.05, 0.1) is 5.52 Å². The van der Waals surface area contributed by atoms with Crippen molar-refractivity contribution in [1.82, 2.24) is 10.3 Å². The lowest BCUT2D eigenvalue weighted by atomic mass is 10.1. The molecule has 2 rings (SSSR count). The first-order chi connectivity index (χ1) is 6.90. The van der Waals surface area contributed by atoms with E-state index in [1.807, 2.05) is 12.3 Å².